The number of likely N-dealkylation sites (tertiary alicyclic amines) is 1. The summed E-state index contributed by atoms with van der Waals surface area (Å²) in [7, 11) is 0. The maximum Gasteiger partial charge on any atom is 0.229 e. The average Bonchev–Trinajstić information content (AvgIpc) is 3.30. The molecular formula is C22H23N5OS. The number of carbonyl (C=O) groups is 1. The maximum absolute atomic E-state index is 12.7. The van der Waals surface area contributed by atoms with Gasteiger partial charge in [-0.3, -0.25) is 9.69 Å². The van der Waals surface area contributed by atoms with Crippen LogP contribution in [0, 0.1) is 12.8 Å². The van der Waals surface area contributed by atoms with Crippen molar-refractivity contribution in [1.29, 1.82) is 0 Å². The number of H-pyrrole nitrogens is 1. The zero-order valence-corrected chi connectivity index (χ0v) is 17.1. The summed E-state index contributed by atoms with van der Waals surface area (Å²) in [5.74, 6) is 1.11. The summed E-state index contributed by atoms with van der Waals surface area (Å²) < 4.78 is 1.11. The Kier molecular flexibility index (Phi) is 4.77. The number of imidazole rings is 1. The molecule has 1 aliphatic heterocycles. The van der Waals surface area contributed by atoms with Gasteiger partial charge in [0, 0.05) is 5.92 Å². The zero-order chi connectivity index (χ0) is 19.8. The molecule has 2 aromatic heterocycles. The number of piperidine rings is 1. The number of aryl methyl sites for hydroxylation is 1. The highest BCUT2D eigenvalue weighted by atomic mass is 32.1. The number of amides is 1. The smallest absolute Gasteiger partial charge is 0.229 e. The molecule has 0 saturated carbocycles. The third-order valence-corrected chi connectivity index (χ3v) is 6.48. The second-order valence-corrected chi connectivity index (χ2v) is 8.76. The lowest BCUT2D eigenvalue weighted by atomic mass is 9.96. The number of nitrogens with one attached hydrogen (secondary N) is 2. The van der Waals surface area contributed by atoms with E-state index < -0.39 is 0 Å². The quantitative estimate of drug-likeness (QED) is 0.530. The molecule has 0 atom stereocenters. The van der Waals surface area contributed by atoms with Gasteiger partial charge in [-0.05, 0) is 62.7 Å². The maximum atomic E-state index is 12.7. The van der Waals surface area contributed by atoms with E-state index in [9.17, 15) is 4.79 Å². The number of nitrogens with zero attached hydrogens (tertiary/aromatic N) is 3. The minimum absolute atomic E-state index is 0.0377. The number of para-hydroxylation sites is 2. The van der Waals surface area contributed by atoms with Crippen LogP contribution in [0.15, 0.2) is 42.5 Å². The Bertz CT molecular complexity index is 1140. The molecule has 6 nitrogen and oxygen atoms in total. The molecule has 5 rings (SSSR count). The van der Waals surface area contributed by atoms with Crippen LogP contribution in [-0.4, -0.2) is 38.8 Å². The first-order valence-electron chi connectivity index (χ1n) is 9.98. The number of thiazole rings is 1. The number of aromatic amines is 1. The highest BCUT2D eigenvalue weighted by Gasteiger charge is 2.26. The van der Waals surface area contributed by atoms with Crippen molar-refractivity contribution in [2.75, 3.05) is 18.4 Å². The summed E-state index contributed by atoms with van der Waals surface area (Å²) >= 11 is 1.54. The summed E-state index contributed by atoms with van der Waals surface area (Å²) in [5, 5.41) is 3.73. The molecule has 0 bridgehead atoms. The van der Waals surface area contributed by atoms with Gasteiger partial charge >= 0.3 is 0 Å². The van der Waals surface area contributed by atoms with E-state index in [0.717, 1.165) is 59.6 Å². The van der Waals surface area contributed by atoms with Gasteiger partial charge in [-0.2, -0.15) is 0 Å². The second-order valence-electron chi connectivity index (χ2n) is 7.73. The van der Waals surface area contributed by atoms with Crippen LogP contribution in [0.4, 0.5) is 5.13 Å². The summed E-state index contributed by atoms with van der Waals surface area (Å²) in [6.07, 6.45) is 1.71. The van der Waals surface area contributed by atoms with Crippen molar-refractivity contribution >= 4 is 43.6 Å². The lowest BCUT2D eigenvalue weighted by Gasteiger charge is -2.30. The molecule has 1 fully saturated rings. The van der Waals surface area contributed by atoms with E-state index in [1.807, 2.05) is 36.4 Å². The van der Waals surface area contributed by atoms with Gasteiger partial charge in [0.15, 0.2) is 5.13 Å². The topological polar surface area (TPSA) is 73.9 Å². The third kappa shape index (κ3) is 3.88. The normalized spacial score (nSPS) is 15.9. The number of aromatic nitrogens is 3. The Hall–Kier alpha value is -2.77. The Balaban J connectivity index is 1.17. The summed E-state index contributed by atoms with van der Waals surface area (Å²) in [6, 6.07) is 14.3. The molecule has 0 radical (unpaired) electrons. The van der Waals surface area contributed by atoms with E-state index in [4.69, 9.17) is 0 Å². The molecule has 7 heteroatoms. The molecule has 2 N–H and O–H groups in total. The van der Waals surface area contributed by atoms with E-state index >= 15 is 0 Å². The predicted molar refractivity (Wildman–Crippen MR) is 117 cm³/mol. The first-order chi connectivity index (χ1) is 14.1. The van der Waals surface area contributed by atoms with Crippen molar-refractivity contribution < 1.29 is 4.79 Å². The largest absolute Gasteiger partial charge is 0.341 e. The Morgan fingerprint density at radius 1 is 1.17 bits per heavy atom. The lowest BCUT2D eigenvalue weighted by Crippen LogP contribution is -2.38. The predicted octanol–water partition coefficient (Wildman–Crippen LogP) is 4.33. The number of hydrogen-bond donors (Lipinski definition) is 2. The van der Waals surface area contributed by atoms with Gasteiger partial charge in [0.05, 0.1) is 27.8 Å². The van der Waals surface area contributed by atoms with Crippen LogP contribution in [0.3, 0.4) is 0 Å². The van der Waals surface area contributed by atoms with Crippen molar-refractivity contribution in [2.24, 2.45) is 5.92 Å². The van der Waals surface area contributed by atoms with Crippen LogP contribution in [0.2, 0.25) is 0 Å². The van der Waals surface area contributed by atoms with Crippen molar-refractivity contribution in [3.8, 4) is 0 Å². The molecule has 3 heterocycles. The minimum atomic E-state index is 0.0377. The van der Waals surface area contributed by atoms with E-state index in [1.54, 1.807) is 11.3 Å². The number of fused-ring (bicyclic) bond motifs is 2. The number of anilines is 1. The van der Waals surface area contributed by atoms with Gasteiger partial charge in [0.1, 0.15) is 5.82 Å². The van der Waals surface area contributed by atoms with E-state index in [1.165, 1.54) is 5.56 Å². The van der Waals surface area contributed by atoms with Gasteiger partial charge in [0.2, 0.25) is 5.91 Å². The molecule has 1 aliphatic rings. The number of carbonyl (C=O) groups excluding carboxylic acids is 1. The highest BCUT2D eigenvalue weighted by molar-refractivity contribution is 7.22. The van der Waals surface area contributed by atoms with Gasteiger partial charge in [-0.15, -0.1) is 0 Å². The SMILES string of the molecule is Cc1ccc2nc(NC(=O)C3CCN(Cc4nc5ccccc5[nH]4)CC3)sc2c1. The number of rotatable bonds is 4. The fourth-order valence-electron chi connectivity index (χ4n) is 3.94. The van der Waals surface area contributed by atoms with Crippen molar-refractivity contribution in [2.45, 2.75) is 26.3 Å². The zero-order valence-electron chi connectivity index (χ0n) is 16.3. The van der Waals surface area contributed by atoms with Crippen molar-refractivity contribution in [3.05, 3.63) is 53.9 Å². The monoisotopic (exact) mass is 405 g/mol. The molecule has 0 unspecified atom stereocenters. The second kappa shape index (κ2) is 7.57. The van der Waals surface area contributed by atoms with Crippen LogP contribution >= 0.6 is 11.3 Å². The van der Waals surface area contributed by atoms with Crippen LogP contribution in [0.5, 0.6) is 0 Å². The van der Waals surface area contributed by atoms with Crippen LogP contribution in [0.25, 0.3) is 21.3 Å². The average molecular weight is 406 g/mol. The molecule has 148 valence electrons. The van der Waals surface area contributed by atoms with E-state index in [-0.39, 0.29) is 11.8 Å². The standard InChI is InChI=1S/C22H23N5OS/c1-14-6-7-18-19(12-14)29-22(25-18)26-21(28)15-8-10-27(11-9-15)13-20-23-16-4-2-3-5-17(16)24-20/h2-7,12,15H,8-11,13H2,1H3,(H,23,24)(H,25,26,28). The fourth-order valence-corrected chi connectivity index (χ4v) is 4.91. The molecule has 0 aliphatic carbocycles. The highest BCUT2D eigenvalue weighted by Crippen LogP contribution is 2.28. The molecule has 4 aromatic rings. The number of benzene rings is 2. The molecule has 1 amide bonds. The van der Waals surface area contributed by atoms with Crippen LogP contribution < -0.4 is 5.32 Å². The van der Waals surface area contributed by atoms with Gasteiger partial charge in [0.25, 0.3) is 0 Å². The van der Waals surface area contributed by atoms with E-state index in [0.29, 0.717) is 5.13 Å². The Labute approximate surface area is 173 Å². The minimum Gasteiger partial charge on any atom is -0.341 e. The summed E-state index contributed by atoms with van der Waals surface area (Å²) in [4.78, 5) is 27.7. The third-order valence-electron chi connectivity index (χ3n) is 5.54. The van der Waals surface area contributed by atoms with Crippen LogP contribution in [-0.2, 0) is 11.3 Å². The molecule has 29 heavy (non-hydrogen) atoms. The van der Waals surface area contributed by atoms with Crippen LogP contribution in [0.1, 0.15) is 24.2 Å². The van der Waals surface area contributed by atoms with Crippen molar-refractivity contribution in [3.63, 3.8) is 0 Å². The van der Waals surface area contributed by atoms with Gasteiger partial charge in [-0.25, -0.2) is 9.97 Å². The van der Waals surface area contributed by atoms with E-state index in [2.05, 4.69) is 38.2 Å². The first-order valence-corrected chi connectivity index (χ1v) is 10.8. The van der Waals surface area contributed by atoms with Gasteiger partial charge in [-0.1, -0.05) is 29.5 Å². The lowest BCUT2D eigenvalue weighted by molar-refractivity contribution is -0.121. The first kappa shape index (κ1) is 18.3. The fraction of sp³-hybridized carbons (Fsp3) is 0.318. The molecule has 2 aromatic carbocycles. The molecule has 0 spiro atoms. The number of hydrogen-bond acceptors (Lipinski definition) is 5. The Morgan fingerprint density at radius 2 is 2.00 bits per heavy atom. The van der Waals surface area contributed by atoms with Gasteiger partial charge < -0.3 is 10.3 Å². The Morgan fingerprint density at radius 3 is 2.83 bits per heavy atom. The molecular weight excluding hydrogens is 382 g/mol. The summed E-state index contributed by atoms with van der Waals surface area (Å²) in [5.41, 5.74) is 4.22. The summed E-state index contributed by atoms with van der Waals surface area (Å²) in [6.45, 7) is 4.65. The molecule has 1 saturated heterocycles. The van der Waals surface area contributed by atoms with Crippen molar-refractivity contribution in [1.82, 2.24) is 19.9 Å².